The van der Waals surface area contributed by atoms with Crippen molar-refractivity contribution in [1.82, 2.24) is 16.0 Å². The molecule has 1 aromatic carbocycles. The fourth-order valence-corrected chi connectivity index (χ4v) is 3.52. The molecule has 7 heteroatoms. The lowest BCUT2D eigenvalue weighted by Crippen LogP contribution is -2.45. The molecule has 5 nitrogen and oxygen atoms in total. The second-order valence-electron chi connectivity index (χ2n) is 5.63. The Morgan fingerprint density at radius 1 is 1.21 bits per heavy atom. The molecule has 0 radical (unpaired) electrons. The van der Waals surface area contributed by atoms with E-state index in [0.717, 1.165) is 11.2 Å². The molecule has 1 aliphatic carbocycles. The molecule has 24 heavy (non-hydrogen) atoms. The lowest BCUT2D eigenvalue weighted by atomic mass is 10.2. The number of aliphatic imine (C=N–C) groups is 1. The van der Waals surface area contributed by atoms with Crippen LogP contribution in [0.1, 0.15) is 29.6 Å². The Bertz CT molecular complexity index is 527. The number of thioether (sulfide) groups is 1. The van der Waals surface area contributed by atoms with Crippen LogP contribution in [-0.2, 0) is 0 Å². The molecule has 0 spiro atoms. The maximum Gasteiger partial charge on any atom is 0.251 e. The van der Waals surface area contributed by atoms with Gasteiger partial charge in [-0.05, 0) is 37.7 Å². The predicted octanol–water partition coefficient (Wildman–Crippen LogP) is 2.48. The van der Waals surface area contributed by atoms with Gasteiger partial charge in [0.1, 0.15) is 0 Å². The van der Waals surface area contributed by atoms with Crippen LogP contribution in [-0.4, -0.2) is 49.6 Å². The van der Waals surface area contributed by atoms with Crippen LogP contribution < -0.4 is 16.0 Å². The molecule has 2 unspecified atom stereocenters. The lowest BCUT2D eigenvalue weighted by Gasteiger charge is -2.17. The first kappa shape index (κ1) is 21.1. The van der Waals surface area contributed by atoms with Gasteiger partial charge in [0, 0.05) is 37.0 Å². The minimum atomic E-state index is -0.0473. The summed E-state index contributed by atoms with van der Waals surface area (Å²) in [7, 11) is 1.78. The van der Waals surface area contributed by atoms with E-state index in [1.807, 2.05) is 42.1 Å². The Kier molecular flexibility index (Phi) is 10.2. The quantitative estimate of drug-likeness (QED) is 0.263. The zero-order valence-corrected chi connectivity index (χ0v) is 17.4. The van der Waals surface area contributed by atoms with Crippen LogP contribution >= 0.6 is 35.7 Å². The van der Waals surface area contributed by atoms with E-state index in [1.165, 1.54) is 19.3 Å². The van der Waals surface area contributed by atoms with Gasteiger partial charge in [-0.2, -0.15) is 11.8 Å². The highest BCUT2D eigenvalue weighted by Crippen LogP contribution is 2.27. The third kappa shape index (κ3) is 6.88. The molecule has 0 bridgehead atoms. The summed E-state index contributed by atoms with van der Waals surface area (Å²) >= 11 is 1.95. The van der Waals surface area contributed by atoms with Gasteiger partial charge in [-0.15, -0.1) is 24.0 Å². The van der Waals surface area contributed by atoms with E-state index in [2.05, 4.69) is 27.2 Å². The van der Waals surface area contributed by atoms with Gasteiger partial charge in [-0.1, -0.05) is 18.2 Å². The second-order valence-corrected chi connectivity index (χ2v) is 6.77. The first-order chi connectivity index (χ1) is 11.2. The predicted molar refractivity (Wildman–Crippen MR) is 114 cm³/mol. The average Bonchev–Trinajstić information content (AvgIpc) is 3.05. The smallest absolute Gasteiger partial charge is 0.251 e. The summed E-state index contributed by atoms with van der Waals surface area (Å²) in [5.41, 5.74) is 0.684. The van der Waals surface area contributed by atoms with Crippen molar-refractivity contribution in [2.75, 3.05) is 26.4 Å². The SMILES string of the molecule is CN=C(NCCNC(=O)c1ccccc1)NC1CCC(SC)C1.I. The van der Waals surface area contributed by atoms with Crippen LogP contribution in [0.25, 0.3) is 0 Å². The van der Waals surface area contributed by atoms with Crippen molar-refractivity contribution in [1.29, 1.82) is 0 Å². The Morgan fingerprint density at radius 3 is 2.54 bits per heavy atom. The zero-order chi connectivity index (χ0) is 16.5. The van der Waals surface area contributed by atoms with E-state index in [0.29, 0.717) is 24.7 Å². The normalized spacial score (nSPS) is 20.2. The minimum absolute atomic E-state index is 0. The van der Waals surface area contributed by atoms with Crippen LogP contribution in [0, 0.1) is 0 Å². The molecule has 134 valence electrons. The van der Waals surface area contributed by atoms with E-state index < -0.39 is 0 Å². The van der Waals surface area contributed by atoms with E-state index in [-0.39, 0.29) is 29.9 Å². The third-order valence-electron chi connectivity index (χ3n) is 4.02. The van der Waals surface area contributed by atoms with E-state index >= 15 is 0 Å². The summed E-state index contributed by atoms with van der Waals surface area (Å²) in [5, 5.41) is 10.4. The number of halogens is 1. The van der Waals surface area contributed by atoms with Crippen LogP contribution in [0.2, 0.25) is 0 Å². The van der Waals surface area contributed by atoms with Gasteiger partial charge >= 0.3 is 0 Å². The van der Waals surface area contributed by atoms with Crippen molar-refractivity contribution >= 4 is 47.6 Å². The maximum absolute atomic E-state index is 11.9. The lowest BCUT2D eigenvalue weighted by molar-refractivity contribution is 0.0954. The molecular weight excluding hydrogens is 435 g/mol. The highest BCUT2D eigenvalue weighted by molar-refractivity contribution is 14.0. The summed E-state index contributed by atoms with van der Waals surface area (Å²) in [6, 6.07) is 9.75. The molecule has 0 aliphatic heterocycles. The van der Waals surface area contributed by atoms with Crippen LogP contribution in [0.4, 0.5) is 0 Å². The largest absolute Gasteiger partial charge is 0.355 e. The summed E-state index contributed by atoms with van der Waals surface area (Å²) in [6.07, 6.45) is 5.82. The molecular formula is C17H27IN4OS. The van der Waals surface area contributed by atoms with Crippen molar-refractivity contribution in [2.24, 2.45) is 4.99 Å². The molecule has 0 aromatic heterocycles. The van der Waals surface area contributed by atoms with Crippen LogP contribution in [0.15, 0.2) is 35.3 Å². The Hall–Kier alpha value is -0.960. The maximum atomic E-state index is 11.9. The fourth-order valence-electron chi connectivity index (χ4n) is 2.72. The number of carbonyl (C=O) groups excluding carboxylic acids is 1. The van der Waals surface area contributed by atoms with Gasteiger partial charge in [0.25, 0.3) is 5.91 Å². The van der Waals surface area contributed by atoms with Crippen molar-refractivity contribution in [3.63, 3.8) is 0 Å². The zero-order valence-electron chi connectivity index (χ0n) is 14.2. The van der Waals surface area contributed by atoms with Crippen molar-refractivity contribution in [3.05, 3.63) is 35.9 Å². The Balaban J connectivity index is 0.00000288. The molecule has 1 saturated carbocycles. The molecule has 1 aromatic rings. The number of nitrogens with one attached hydrogen (secondary N) is 3. The molecule has 2 rings (SSSR count). The molecule has 3 N–H and O–H groups in total. The number of hydrogen-bond donors (Lipinski definition) is 3. The summed E-state index contributed by atoms with van der Waals surface area (Å²) < 4.78 is 0. The first-order valence-corrected chi connectivity index (χ1v) is 9.35. The second kappa shape index (κ2) is 11.6. The molecule has 1 fully saturated rings. The number of nitrogens with zero attached hydrogens (tertiary/aromatic N) is 1. The highest BCUT2D eigenvalue weighted by atomic mass is 127. The molecule has 1 amide bonds. The molecule has 0 heterocycles. The van der Waals surface area contributed by atoms with Crippen LogP contribution in [0.3, 0.4) is 0 Å². The van der Waals surface area contributed by atoms with Gasteiger partial charge in [0.05, 0.1) is 0 Å². The van der Waals surface area contributed by atoms with Gasteiger partial charge in [-0.3, -0.25) is 9.79 Å². The third-order valence-corrected chi connectivity index (χ3v) is 5.12. The number of rotatable bonds is 6. The monoisotopic (exact) mass is 462 g/mol. The number of amides is 1. The van der Waals surface area contributed by atoms with Gasteiger partial charge < -0.3 is 16.0 Å². The van der Waals surface area contributed by atoms with Gasteiger partial charge in [-0.25, -0.2) is 0 Å². The van der Waals surface area contributed by atoms with Gasteiger partial charge in [0.2, 0.25) is 0 Å². The highest BCUT2D eigenvalue weighted by Gasteiger charge is 2.24. The van der Waals surface area contributed by atoms with Crippen LogP contribution in [0.5, 0.6) is 0 Å². The Labute approximate surface area is 165 Å². The minimum Gasteiger partial charge on any atom is -0.355 e. The summed E-state index contributed by atoms with van der Waals surface area (Å²) in [5.74, 6) is 0.764. The average molecular weight is 462 g/mol. The van der Waals surface area contributed by atoms with E-state index in [9.17, 15) is 4.79 Å². The van der Waals surface area contributed by atoms with E-state index in [1.54, 1.807) is 7.05 Å². The van der Waals surface area contributed by atoms with Crippen molar-refractivity contribution in [3.8, 4) is 0 Å². The summed E-state index contributed by atoms with van der Waals surface area (Å²) in [6.45, 7) is 1.21. The molecule has 0 saturated heterocycles. The number of carbonyl (C=O) groups is 1. The van der Waals surface area contributed by atoms with Crippen molar-refractivity contribution in [2.45, 2.75) is 30.6 Å². The molecule has 2 atom stereocenters. The van der Waals surface area contributed by atoms with Gasteiger partial charge in [0.15, 0.2) is 5.96 Å². The Morgan fingerprint density at radius 2 is 1.92 bits per heavy atom. The fraction of sp³-hybridized carbons (Fsp3) is 0.529. The van der Waals surface area contributed by atoms with Crippen molar-refractivity contribution < 1.29 is 4.79 Å². The number of hydrogen-bond acceptors (Lipinski definition) is 3. The number of guanidine groups is 1. The van der Waals surface area contributed by atoms with E-state index in [4.69, 9.17) is 0 Å². The first-order valence-electron chi connectivity index (χ1n) is 8.06. The standard InChI is InChI=1S/C17H26N4OS.HI/c1-18-17(21-14-8-9-15(12-14)23-2)20-11-10-19-16(22)13-6-4-3-5-7-13;/h3-7,14-15H,8-12H2,1-2H3,(H,19,22)(H2,18,20,21);1H. The topological polar surface area (TPSA) is 65.5 Å². The summed E-state index contributed by atoms with van der Waals surface area (Å²) in [4.78, 5) is 16.2. The number of benzene rings is 1. The molecule has 1 aliphatic rings.